The number of hydrogen-bond donors (Lipinski definition) is 0. The zero-order valence-electron chi connectivity index (χ0n) is 64.1. The minimum Gasteiger partial charge on any atom is -0.304 e. The van der Waals surface area contributed by atoms with E-state index in [-0.39, 0.29) is 0 Å². The quantitative estimate of drug-likeness (QED) is 0.152. The predicted octanol–water partition coefficient (Wildman–Crippen LogP) is 7.69. The molecule has 0 amide bonds. The van der Waals surface area contributed by atoms with Crippen LogP contribution in [0.4, 0.5) is 0 Å². The molecular formula is C72H160N16. The molecule has 0 bridgehead atoms. The zero-order valence-corrected chi connectivity index (χ0v) is 64.1. The first-order valence-electron chi connectivity index (χ1n) is 37.5. The molecule has 0 spiro atoms. The normalized spacial score (nSPS) is 25.1. The standard InChI is InChI=1S/4C18H40N4/c1-7-20-11-9-19(6)10-15-22(18(5)17(3)4)16-14-21(8-2)13-12-20;1-7-20-11-9-19(6)10-12-21(8-2)14-16-22(15-13-20)18(5)17(3)4;1-7-20-12-10-19(6)11-15-22(9-3)18(17(4)5)16-21(8-2)14-13-20;1-7-20-12-10-19(6)11-13-21(8-2)16-18(17(4)5)22(9-3)15-14-20/h4*17-18H,7-16H2,1-6H3. The number of nitrogens with zero attached hydrogens (tertiary/aromatic N) is 16. The molecule has 0 aliphatic carbocycles. The fourth-order valence-electron chi connectivity index (χ4n) is 12.9. The molecule has 4 rings (SSSR count). The molecule has 16 heteroatoms. The molecule has 4 heterocycles. The highest BCUT2D eigenvalue weighted by Gasteiger charge is 2.27. The summed E-state index contributed by atoms with van der Waals surface area (Å²) in [5, 5.41) is 0. The van der Waals surface area contributed by atoms with Crippen molar-refractivity contribution in [2.45, 2.75) is 163 Å². The van der Waals surface area contributed by atoms with E-state index < -0.39 is 0 Å². The molecule has 528 valence electrons. The van der Waals surface area contributed by atoms with Gasteiger partial charge in [-0.05, 0) is 131 Å². The van der Waals surface area contributed by atoms with Crippen LogP contribution >= 0.6 is 0 Å². The van der Waals surface area contributed by atoms with Crippen LogP contribution in [0, 0.1) is 23.7 Å². The van der Waals surface area contributed by atoms with Gasteiger partial charge in [-0.15, -0.1) is 0 Å². The van der Waals surface area contributed by atoms with Crippen LogP contribution in [0.15, 0.2) is 0 Å². The highest BCUT2D eigenvalue weighted by Crippen LogP contribution is 2.17. The Hall–Kier alpha value is -0.640. The van der Waals surface area contributed by atoms with E-state index in [1.807, 2.05) is 0 Å². The third-order valence-electron chi connectivity index (χ3n) is 21.4. The first-order valence-corrected chi connectivity index (χ1v) is 37.5. The third kappa shape index (κ3) is 36.3. The SMILES string of the molecule is CCN1CCN(C)CCN(C(C)C(C)C)CCN(CC)CC1.CCN1CCN(C)CCN(CC)C(C(C)C)CN(CC)CC1.CCN1CCN(C)CCN(CC)CC(C(C)C)N(CC)CC1.CCN1CCN(C)CCN(CC)CCN(C(C)C(C)C)CC1. The summed E-state index contributed by atoms with van der Waals surface area (Å²) in [6.45, 7) is 94.3. The van der Waals surface area contributed by atoms with Gasteiger partial charge >= 0.3 is 0 Å². The summed E-state index contributed by atoms with van der Waals surface area (Å²) in [7, 11) is 9.08. The monoisotopic (exact) mass is 1250 g/mol. The lowest BCUT2D eigenvalue weighted by Gasteiger charge is -2.39. The van der Waals surface area contributed by atoms with Crippen molar-refractivity contribution >= 4 is 0 Å². The van der Waals surface area contributed by atoms with Crippen molar-refractivity contribution in [3.63, 3.8) is 0 Å². The minimum absolute atomic E-state index is 0.669. The highest BCUT2D eigenvalue weighted by molar-refractivity contribution is 4.83. The molecule has 4 atom stereocenters. The van der Waals surface area contributed by atoms with Crippen LogP contribution in [0.5, 0.6) is 0 Å². The molecule has 0 radical (unpaired) electrons. The van der Waals surface area contributed by atoms with E-state index in [0.29, 0.717) is 36.0 Å². The van der Waals surface area contributed by atoms with E-state index in [4.69, 9.17) is 0 Å². The number of hydrogen-bond acceptors (Lipinski definition) is 16. The van der Waals surface area contributed by atoms with Gasteiger partial charge in [-0.3, -0.25) is 19.6 Å². The summed E-state index contributed by atoms with van der Waals surface area (Å²) < 4.78 is 0. The fourth-order valence-corrected chi connectivity index (χ4v) is 12.9. The molecule has 0 saturated carbocycles. The largest absolute Gasteiger partial charge is 0.304 e. The average Bonchev–Trinajstić information content (AvgIpc) is 3.71. The second-order valence-corrected chi connectivity index (χ2v) is 28.5. The smallest absolute Gasteiger partial charge is 0.0246 e. The Kier molecular flexibility index (Phi) is 49.2. The first-order chi connectivity index (χ1) is 42.0. The Morgan fingerprint density at radius 1 is 0.227 bits per heavy atom. The molecule has 88 heavy (non-hydrogen) atoms. The highest BCUT2D eigenvalue weighted by atomic mass is 15.3. The maximum Gasteiger partial charge on any atom is 0.0246 e. The van der Waals surface area contributed by atoms with Crippen molar-refractivity contribution in [1.82, 2.24) is 78.4 Å². The van der Waals surface area contributed by atoms with Crippen molar-refractivity contribution in [3.8, 4) is 0 Å². The van der Waals surface area contributed by atoms with Gasteiger partial charge in [-0.1, -0.05) is 125 Å². The Balaban J connectivity index is 0.000000587. The Bertz CT molecular complexity index is 1530. The van der Waals surface area contributed by atoms with Crippen molar-refractivity contribution in [2.24, 2.45) is 23.7 Å². The van der Waals surface area contributed by atoms with Crippen LogP contribution in [0.25, 0.3) is 0 Å². The summed E-state index contributed by atoms with van der Waals surface area (Å²) in [6, 6.07) is 2.69. The minimum atomic E-state index is 0.669. The molecule has 0 aromatic carbocycles. The van der Waals surface area contributed by atoms with Gasteiger partial charge in [0, 0.05) is 221 Å². The van der Waals surface area contributed by atoms with Crippen LogP contribution in [0.1, 0.15) is 138 Å². The van der Waals surface area contributed by atoms with Gasteiger partial charge in [0.1, 0.15) is 0 Å². The van der Waals surface area contributed by atoms with Gasteiger partial charge in [-0.2, -0.15) is 0 Å². The van der Waals surface area contributed by atoms with Crippen LogP contribution in [0.3, 0.4) is 0 Å². The summed E-state index contributed by atoms with van der Waals surface area (Å²) in [4.78, 5) is 41.7. The van der Waals surface area contributed by atoms with Crippen molar-refractivity contribution in [1.29, 1.82) is 0 Å². The van der Waals surface area contributed by atoms with Crippen molar-refractivity contribution in [3.05, 3.63) is 0 Å². The van der Waals surface area contributed by atoms with Gasteiger partial charge in [0.05, 0.1) is 0 Å². The maximum absolute atomic E-state index is 2.71. The molecule has 0 N–H and O–H groups in total. The van der Waals surface area contributed by atoms with E-state index in [2.05, 4.69) is 245 Å². The lowest BCUT2D eigenvalue weighted by atomic mass is 10.0. The average molecular weight is 1250 g/mol. The lowest BCUT2D eigenvalue weighted by molar-refractivity contribution is 0.0866. The molecule has 4 fully saturated rings. The van der Waals surface area contributed by atoms with E-state index >= 15 is 0 Å². The second-order valence-electron chi connectivity index (χ2n) is 28.5. The lowest BCUT2D eigenvalue weighted by Crippen LogP contribution is -2.51. The van der Waals surface area contributed by atoms with E-state index in [9.17, 15) is 0 Å². The summed E-state index contributed by atoms with van der Waals surface area (Å²) in [6.07, 6.45) is 0. The van der Waals surface area contributed by atoms with E-state index in [1.54, 1.807) is 0 Å². The molecule has 0 aromatic rings. The van der Waals surface area contributed by atoms with Crippen molar-refractivity contribution in [2.75, 3.05) is 290 Å². The van der Waals surface area contributed by atoms with Crippen LogP contribution < -0.4 is 0 Å². The van der Waals surface area contributed by atoms with Gasteiger partial charge in [0.15, 0.2) is 0 Å². The third-order valence-corrected chi connectivity index (χ3v) is 21.4. The number of rotatable bonds is 16. The molecule has 16 nitrogen and oxygen atoms in total. The fraction of sp³-hybridized carbons (Fsp3) is 1.00. The zero-order chi connectivity index (χ0) is 66.1. The summed E-state index contributed by atoms with van der Waals surface area (Å²) in [5.41, 5.74) is 0. The Morgan fingerprint density at radius 3 is 0.648 bits per heavy atom. The molecule has 0 aromatic heterocycles. The molecule has 4 saturated heterocycles. The van der Waals surface area contributed by atoms with Crippen LogP contribution in [-0.2, 0) is 0 Å². The van der Waals surface area contributed by atoms with Gasteiger partial charge in [-0.25, -0.2) is 0 Å². The Morgan fingerprint density at radius 2 is 0.409 bits per heavy atom. The molecular weight excluding hydrogens is 1090 g/mol. The van der Waals surface area contributed by atoms with Crippen LogP contribution in [-0.4, -0.2) is 393 Å². The van der Waals surface area contributed by atoms with Gasteiger partial charge in [0.2, 0.25) is 0 Å². The molecule has 4 unspecified atom stereocenters. The van der Waals surface area contributed by atoms with Gasteiger partial charge < -0.3 is 58.8 Å². The Labute approximate surface area is 552 Å². The topological polar surface area (TPSA) is 51.8 Å². The number of likely N-dealkylation sites (N-methyl/N-ethyl adjacent to an activating group) is 14. The molecule has 4 aliphatic rings. The molecule has 4 aliphatic heterocycles. The van der Waals surface area contributed by atoms with Crippen LogP contribution in [0.2, 0.25) is 0 Å². The maximum atomic E-state index is 2.71. The summed E-state index contributed by atoms with van der Waals surface area (Å²) >= 11 is 0. The van der Waals surface area contributed by atoms with Gasteiger partial charge in [0.25, 0.3) is 0 Å². The predicted molar refractivity (Wildman–Crippen MR) is 390 cm³/mol. The van der Waals surface area contributed by atoms with Crippen molar-refractivity contribution < 1.29 is 0 Å². The van der Waals surface area contributed by atoms with E-state index in [0.717, 1.165) is 38.0 Å². The second kappa shape index (κ2) is 50.7. The summed E-state index contributed by atoms with van der Waals surface area (Å²) in [5.74, 6) is 2.88. The first kappa shape index (κ1) is 85.4. The van der Waals surface area contributed by atoms with E-state index in [1.165, 1.54) is 236 Å².